The molecule has 1 saturated heterocycles. The zero-order valence-corrected chi connectivity index (χ0v) is 11.3. The summed E-state index contributed by atoms with van der Waals surface area (Å²) in [6.45, 7) is 2.02. The Kier molecular flexibility index (Phi) is 5.22. The number of aliphatic carboxylic acids is 1. The predicted octanol–water partition coefficient (Wildman–Crippen LogP) is -1.90. The van der Waals surface area contributed by atoms with E-state index in [-0.39, 0.29) is 0 Å². The Balaban J connectivity index is 3.11. The predicted molar refractivity (Wildman–Crippen MR) is 64.5 cm³/mol. The van der Waals surface area contributed by atoms with Crippen LogP contribution < -0.4 is 0 Å². The minimum atomic E-state index is -2.63. The fraction of sp³-hybridized carbons (Fsp3) is 0.833. The molecule has 116 valence electrons. The molecule has 0 spiro atoms. The molecule has 0 radical (unpaired) electrons. The van der Waals surface area contributed by atoms with Crippen molar-refractivity contribution in [3.05, 3.63) is 0 Å². The third-order valence-corrected chi connectivity index (χ3v) is 3.70. The maximum Gasteiger partial charge on any atom is 0.364 e. The van der Waals surface area contributed by atoms with E-state index in [2.05, 4.69) is 0 Å². The second-order valence-electron chi connectivity index (χ2n) is 5.19. The summed E-state index contributed by atoms with van der Waals surface area (Å²) in [5, 5.41) is 47.3. The van der Waals surface area contributed by atoms with Crippen LogP contribution >= 0.6 is 0 Å². The van der Waals surface area contributed by atoms with E-state index in [0.29, 0.717) is 0 Å². The van der Waals surface area contributed by atoms with Crippen LogP contribution in [0.15, 0.2) is 0 Å². The first-order valence-corrected chi connectivity index (χ1v) is 6.25. The lowest BCUT2D eigenvalue weighted by Crippen LogP contribution is -2.60. The van der Waals surface area contributed by atoms with E-state index in [1.807, 2.05) is 0 Å². The molecule has 0 bridgehead atoms. The van der Waals surface area contributed by atoms with Gasteiger partial charge in [-0.25, -0.2) is 4.79 Å². The zero-order chi connectivity index (χ0) is 15.7. The second kappa shape index (κ2) is 6.15. The van der Waals surface area contributed by atoms with Crippen LogP contribution in [0.2, 0.25) is 0 Å². The molecule has 0 aromatic heterocycles. The van der Waals surface area contributed by atoms with E-state index in [1.54, 1.807) is 0 Å². The summed E-state index contributed by atoms with van der Waals surface area (Å²) in [5.41, 5.74) is 0. The van der Waals surface area contributed by atoms with Crippen molar-refractivity contribution in [1.82, 2.24) is 0 Å². The van der Waals surface area contributed by atoms with E-state index >= 15 is 0 Å². The van der Waals surface area contributed by atoms with Crippen LogP contribution in [-0.2, 0) is 14.3 Å². The topological polar surface area (TPSA) is 145 Å². The summed E-state index contributed by atoms with van der Waals surface area (Å²) in [5.74, 6) is -6.69. The first kappa shape index (κ1) is 17.0. The molecule has 20 heavy (non-hydrogen) atoms. The van der Waals surface area contributed by atoms with Crippen LogP contribution in [0.5, 0.6) is 0 Å². The average molecular weight is 292 g/mol. The lowest BCUT2D eigenvalue weighted by atomic mass is 9.78. The van der Waals surface area contributed by atoms with Gasteiger partial charge in [-0.1, -0.05) is 6.92 Å². The number of Topliss-reactive ketones (excluding diaryl/α,β-unsaturated/α-hetero) is 1. The standard InChI is InChI=1S/C12H20O8/c1-5(8(16)4-13)10-9(6(2)14)7(15)3-12(19,20-10)11(17)18/h5,7-10,13,15-16,19H,3-4H2,1-2H3,(H,17,18)/t5-,7?,8-,9?,10?,12?/m1/s1. The number of rotatable bonds is 5. The van der Waals surface area contributed by atoms with E-state index in [4.69, 9.17) is 14.9 Å². The van der Waals surface area contributed by atoms with Crippen molar-refractivity contribution in [3.63, 3.8) is 0 Å². The highest BCUT2D eigenvalue weighted by Gasteiger charge is 2.54. The van der Waals surface area contributed by atoms with Crippen LogP contribution in [0.25, 0.3) is 0 Å². The number of hydrogen-bond acceptors (Lipinski definition) is 7. The second-order valence-corrected chi connectivity index (χ2v) is 5.19. The van der Waals surface area contributed by atoms with Gasteiger partial charge in [-0.15, -0.1) is 0 Å². The Labute approximate surface area is 115 Å². The highest BCUT2D eigenvalue weighted by Crippen LogP contribution is 2.36. The zero-order valence-electron chi connectivity index (χ0n) is 11.3. The summed E-state index contributed by atoms with van der Waals surface area (Å²) in [6.07, 6.45) is -4.56. The van der Waals surface area contributed by atoms with Gasteiger partial charge in [-0.05, 0) is 6.92 Å². The van der Waals surface area contributed by atoms with Crippen molar-refractivity contribution < 1.29 is 39.9 Å². The first-order chi connectivity index (χ1) is 9.14. The molecule has 6 atom stereocenters. The molecule has 8 nitrogen and oxygen atoms in total. The van der Waals surface area contributed by atoms with E-state index in [0.717, 1.165) is 0 Å². The fourth-order valence-corrected chi connectivity index (χ4v) is 2.44. The normalized spacial score (nSPS) is 37.2. The molecular weight excluding hydrogens is 272 g/mol. The Bertz CT molecular complexity index is 384. The van der Waals surface area contributed by atoms with Gasteiger partial charge in [0.2, 0.25) is 0 Å². The quantitative estimate of drug-likeness (QED) is 0.395. The highest BCUT2D eigenvalue weighted by molar-refractivity contribution is 5.81. The molecule has 0 aromatic carbocycles. The highest BCUT2D eigenvalue weighted by atomic mass is 16.7. The number of ketones is 1. The van der Waals surface area contributed by atoms with E-state index < -0.39 is 60.7 Å². The molecule has 5 N–H and O–H groups in total. The molecule has 0 aromatic rings. The maximum absolute atomic E-state index is 11.6. The first-order valence-electron chi connectivity index (χ1n) is 6.25. The van der Waals surface area contributed by atoms with Crippen LogP contribution in [0.4, 0.5) is 0 Å². The summed E-state index contributed by atoms with van der Waals surface area (Å²) < 4.78 is 5.07. The molecule has 1 aliphatic rings. The van der Waals surface area contributed by atoms with Crippen LogP contribution in [-0.4, -0.2) is 68.0 Å². The fourth-order valence-electron chi connectivity index (χ4n) is 2.44. The lowest BCUT2D eigenvalue weighted by Gasteiger charge is -2.44. The van der Waals surface area contributed by atoms with Gasteiger partial charge in [-0.3, -0.25) is 4.79 Å². The molecule has 1 heterocycles. The molecule has 0 saturated carbocycles. The summed E-state index contributed by atoms with van der Waals surface area (Å²) in [4.78, 5) is 22.6. The molecule has 0 amide bonds. The van der Waals surface area contributed by atoms with Gasteiger partial charge in [0.15, 0.2) is 0 Å². The van der Waals surface area contributed by atoms with Crippen LogP contribution in [0, 0.1) is 11.8 Å². The minimum absolute atomic E-state index is 0.452. The number of aliphatic hydroxyl groups is 4. The summed E-state index contributed by atoms with van der Waals surface area (Å²) in [6, 6.07) is 0. The number of carboxylic acid groups (broad SMARTS) is 1. The number of carbonyl (C=O) groups excluding carboxylic acids is 1. The van der Waals surface area contributed by atoms with Gasteiger partial charge < -0.3 is 30.3 Å². The average Bonchev–Trinajstić information content (AvgIpc) is 2.35. The van der Waals surface area contributed by atoms with Crippen molar-refractivity contribution in [1.29, 1.82) is 0 Å². The number of carboxylic acids is 1. The largest absolute Gasteiger partial charge is 0.477 e. The minimum Gasteiger partial charge on any atom is -0.477 e. The van der Waals surface area contributed by atoms with Gasteiger partial charge in [0.1, 0.15) is 5.78 Å². The number of ether oxygens (including phenoxy) is 1. The van der Waals surface area contributed by atoms with Crippen LogP contribution in [0.1, 0.15) is 20.3 Å². The molecule has 1 fully saturated rings. The molecule has 4 unspecified atom stereocenters. The van der Waals surface area contributed by atoms with E-state index in [9.17, 15) is 24.9 Å². The van der Waals surface area contributed by atoms with Crippen molar-refractivity contribution in [2.75, 3.05) is 6.61 Å². The monoisotopic (exact) mass is 292 g/mol. The molecule has 8 heteroatoms. The third-order valence-electron chi connectivity index (χ3n) is 3.70. The molecule has 1 aliphatic heterocycles. The molecule has 0 aliphatic carbocycles. The van der Waals surface area contributed by atoms with Gasteiger partial charge in [0.25, 0.3) is 5.79 Å². The number of aliphatic hydroxyl groups excluding tert-OH is 3. The molecular formula is C12H20O8. The lowest BCUT2D eigenvalue weighted by molar-refractivity contribution is -0.293. The van der Waals surface area contributed by atoms with E-state index in [1.165, 1.54) is 13.8 Å². The van der Waals surface area contributed by atoms with Crippen LogP contribution in [0.3, 0.4) is 0 Å². The van der Waals surface area contributed by atoms with Crippen molar-refractivity contribution in [2.45, 2.75) is 44.4 Å². The SMILES string of the molecule is CC(=O)C1C(O)CC(O)(C(=O)O)OC1[C@H](C)[C@H](O)CO. The number of hydrogen-bond donors (Lipinski definition) is 5. The van der Waals surface area contributed by atoms with Gasteiger partial charge in [0, 0.05) is 12.3 Å². The Hall–Kier alpha value is -1.06. The van der Waals surface area contributed by atoms with Crippen molar-refractivity contribution in [3.8, 4) is 0 Å². The van der Waals surface area contributed by atoms with Crippen molar-refractivity contribution >= 4 is 11.8 Å². The van der Waals surface area contributed by atoms with Crippen molar-refractivity contribution in [2.24, 2.45) is 11.8 Å². The Morgan fingerprint density at radius 3 is 2.40 bits per heavy atom. The maximum atomic E-state index is 11.6. The summed E-state index contributed by atoms with van der Waals surface area (Å²) in [7, 11) is 0. The summed E-state index contributed by atoms with van der Waals surface area (Å²) >= 11 is 0. The smallest absolute Gasteiger partial charge is 0.364 e. The van der Waals surface area contributed by atoms with Gasteiger partial charge >= 0.3 is 5.97 Å². The third kappa shape index (κ3) is 3.15. The Morgan fingerprint density at radius 2 is 2.00 bits per heavy atom. The number of carbonyl (C=O) groups is 2. The Morgan fingerprint density at radius 1 is 1.45 bits per heavy atom. The van der Waals surface area contributed by atoms with Gasteiger partial charge in [0.05, 0.1) is 30.8 Å². The molecule has 1 rings (SSSR count). The van der Waals surface area contributed by atoms with Gasteiger partial charge in [-0.2, -0.15) is 0 Å².